The molecular formula is C10H9F3N4O2S. The van der Waals surface area contributed by atoms with Gasteiger partial charge in [-0.15, -0.1) is 0 Å². The highest BCUT2D eigenvalue weighted by molar-refractivity contribution is 7.89. The quantitative estimate of drug-likeness (QED) is 0.811. The minimum absolute atomic E-state index is 0.112. The average Bonchev–Trinajstić information content (AvgIpc) is 2.76. The van der Waals surface area contributed by atoms with Crippen LogP contribution >= 0.6 is 0 Å². The van der Waals surface area contributed by atoms with Gasteiger partial charge in [0.05, 0.1) is 17.4 Å². The van der Waals surface area contributed by atoms with Gasteiger partial charge in [-0.05, 0) is 18.2 Å². The third-order valence-corrected chi connectivity index (χ3v) is 3.39. The van der Waals surface area contributed by atoms with E-state index in [-0.39, 0.29) is 11.4 Å². The normalized spacial score (nSPS) is 12.6. The molecule has 0 fully saturated rings. The van der Waals surface area contributed by atoms with Gasteiger partial charge >= 0.3 is 6.18 Å². The van der Waals surface area contributed by atoms with E-state index in [1.54, 1.807) is 0 Å². The third-order valence-electron chi connectivity index (χ3n) is 2.45. The largest absolute Gasteiger partial charge is 0.419 e. The molecule has 1 aromatic heterocycles. The topological polar surface area (TPSA) is 104 Å². The molecule has 10 heteroatoms. The fourth-order valence-electron chi connectivity index (χ4n) is 1.55. The van der Waals surface area contributed by atoms with E-state index in [0.29, 0.717) is 12.4 Å². The lowest BCUT2D eigenvalue weighted by atomic mass is 10.3. The molecular weight excluding hydrogens is 297 g/mol. The van der Waals surface area contributed by atoms with Crippen LogP contribution in [0.25, 0.3) is 5.69 Å². The third kappa shape index (κ3) is 2.75. The molecule has 0 spiro atoms. The van der Waals surface area contributed by atoms with Crippen LogP contribution < -0.4 is 10.9 Å². The number of nitrogens with zero attached hydrogens (tertiary/aromatic N) is 2. The summed E-state index contributed by atoms with van der Waals surface area (Å²) in [6, 6.07) is 3.61. The lowest BCUT2D eigenvalue weighted by Gasteiger charge is -2.08. The van der Waals surface area contributed by atoms with Gasteiger partial charge in [-0.25, -0.2) is 18.2 Å². The van der Waals surface area contributed by atoms with Crippen molar-refractivity contribution in [2.45, 2.75) is 11.1 Å². The molecule has 20 heavy (non-hydrogen) atoms. The molecule has 1 aromatic carbocycles. The van der Waals surface area contributed by atoms with Crippen molar-refractivity contribution in [1.29, 1.82) is 0 Å². The van der Waals surface area contributed by atoms with E-state index in [2.05, 4.69) is 5.10 Å². The Balaban J connectivity index is 2.62. The second-order valence-corrected chi connectivity index (χ2v) is 5.47. The molecule has 1 heterocycles. The average molecular weight is 306 g/mol. The van der Waals surface area contributed by atoms with Crippen molar-refractivity contribution in [3.63, 3.8) is 0 Å². The van der Waals surface area contributed by atoms with Crippen molar-refractivity contribution < 1.29 is 21.6 Å². The van der Waals surface area contributed by atoms with Crippen LogP contribution in [-0.4, -0.2) is 18.2 Å². The summed E-state index contributed by atoms with van der Waals surface area (Å²) in [4.78, 5) is -0.408. The van der Waals surface area contributed by atoms with Gasteiger partial charge in [-0.3, -0.25) is 0 Å². The number of anilines is 1. The maximum Gasteiger partial charge on any atom is 0.419 e. The first-order valence-electron chi connectivity index (χ1n) is 5.13. The number of aromatic nitrogens is 2. The number of sulfonamides is 1. The van der Waals surface area contributed by atoms with E-state index in [0.717, 1.165) is 10.7 Å². The maximum absolute atomic E-state index is 12.5. The minimum Gasteiger partial charge on any atom is -0.399 e. The Morgan fingerprint density at radius 1 is 1.25 bits per heavy atom. The molecule has 2 aromatic rings. The summed E-state index contributed by atoms with van der Waals surface area (Å²) < 4.78 is 61.2. The molecule has 0 radical (unpaired) electrons. The van der Waals surface area contributed by atoms with E-state index in [9.17, 15) is 21.6 Å². The lowest BCUT2D eigenvalue weighted by molar-refractivity contribution is -0.137. The highest BCUT2D eigenvalue weighted by atomic mass is 32.2. The Bertz CT molecular complexity index is 752. The molecule has 108 valence electrons. The predicted molar refractivity (Wildman–Crippen MR) is 64.4 cm³/mol. The van der Waals surface area contributed by atoms with Crippen LogP contribution in [0.2, 0.25) is 0 Å². The molecule has 4 N–H and O–H groups in total. The van der Waals surface area contributed by atoms with Gasteiger partial charge in [0.1, 0.15) is 4.90 Å². The zero-order valence-corrected chi connectivity index (χ0v) is 10.6. The second-order valence-electron chi connectivity index (χ2n) is 3.94. The summed E-state index contributed by atoms with van der Waals surface area (Å²) >= 11 is 0. The zero-order chi connectivity index (χ0) is 15.1. The van der Waals surface area contributed by atoms with E-state index in [4.69, 9.17) is 10.9 Å². The molecule has 0 amide bonds. The number of rotatable bonds is 2. The minimum atomic E-state index is -4.58. The van der Waals surface area contributed by atoms with E-state index >= 15 is 0 Å². The highest BCUT2D eigenvalue weighted by Crippen LogP contribution is 2.30. The number of halogens is 3. The van der Waals surface area contributed by atoms with Crippen molar-refractivity contribution in [1.82, 2.24) is 9.78 Å². The number of benzene rings is 1. The van der Waals surface area contributed by atoms with Crippen LogP contribution in [0.4, 0.5) is 18.9 Å². The van der Waals surface area contributed by atoms with Gasteiger partial charge in [-0.2, -0.15) is 18.3 Å². The SMILES string of the molecule is Nc1ccc(-n2cc(C(F)(F)F)cn2)c(S(N)(=O)=O)c1. The van der Waals surface area contributed by atoms with Gasteiger partial charge in [0, 0.05) is 11.9 Å². The van der Waals surface area contributed by atoms with Crippen molar-refractivity contribution in [2.75, 3.05) is 5.73 Å². The Morgan fingerprint density at radius 2 is 1.90 bits per heavy atom. The highest BCUT2D eigenvalue weighted by Gasteiger charge is 2.32. The Hall–Kier alpha value is -2.07. The monoisotopic (exact) mass is 306 g/mol. The first-order chi connectivity index (χ1) is 9.09. The van der Waals surface area contributed by atoms with Gasteiger partial charge in [-0.1, -0.05) is 0 Å². The number of nitrogens with two attached hydrogens (primary N) is 2. The first-order valence-corrected chi connectivity index (χ1v) is 6.68. The molecule has 0 bridgehead atoms. The lowest BCUT2D eigenvalue weighted by Crippen LogP contribution is -2.16. The molecule has 0 unspecified atom stereocenters. The van der Waals surface area contributed by atoms with E-state index < -0.39 is 26.7 Å². The fourth-order valence-corrected chi connectivity index (χ4v) is 2.30. The number of alkyl halides is 3. The smallest absolute Gasteiger partial charge is 0.399 e. The molecule has 0 saturated carbocycles. The van der Waals surface area contributed by atoms with Crippen LogP contribution in [0.15, 0.2) is 35.5 Å². The summed E-state index contributed by atoms with van der Waals surface area (Å²) in [6.45, 7) is 0. The zero-order valence-electron chi connectivity index (χ0n) is 9.79. The van der Waals surface area contributed by atoms with Gasteiger partial charge in [0.25, 0.3) is 0 Å². The summed E-state index contributed by atoms with van der Waals surface area (Å²) in [5.41, 5.74) is 4.44. The molecule has 0 aliphatic heterocycles. The second kappa shape index (κ2) is 4.49. The van der Waals surface area contributed by atoms with Gasteiger partial charge in [0.2, 0.25) is 10.0 Å². The van der Waals surface area contributed by atoms with Crippen LogP contribution in [0, 0.1) is 0 Å². The Morgan fingerprint density at radius 3 is 2.40 bits per heavy atom. The maximum atomic E-state index is 12.5. The van der Waals surface area contributed by atoms with Crippen molar-refractivity contribution >= 4 is 15.7 Å². The molecule has 0 atom stereocenters. The number of hydrogen-bond acceptors (Lipinski definition) is 4. The van der Waals surface area contributed by atoms with Crippen molar-refractivity contribution in [2.24, 2.45) is 5.14 Å². The number of nitrogen functional groups attached to an aromatic ring is 1. The van der Waals surface area contributed by atoms with Crippen molar-refractivity contribution in [3.05, 3.63) is 36.2 Å². The van der Waals surface area contributed by atoms with E-state index in [1.165, 1.54) is 12.1 Å². The van der Waals surface area contributed by atoms with Crippen LogP contribution in [0.1, 0.15) is 5.56 Å². The molecule has 0 aliphatic rings. The predicted octanol–water partition coefficient (Wildman–Crippen LogP) is 1.12. The Kier molecular flexibility index (Phi) is 3.22. The fraction of sp³-hybridized carbons (Fsp3) is 0.100. The van der Waals surface area contributed by atoms with Crippen molar-refractivity contribution in [3.8, 4) is 5.69 Å². The molecule has 0 aliphatic carbocycles. The van der Waals surface area contributed by atoms with Gasteiger partial charge < -0.3 is 5.73 Å². The van der Waals surface area contributed by atoms with Crippen LogP contribution in [-0.2, 0) is 16.2 Å². The summed E-state index contributed by atoms with van der Waals surface area (Å²) in [5, 5.41) is 8.50. The Labute approximate surface area is 111 Å². The number of primary sulfonamides is 1. The van der Waals surface area contributed by atoms with Crippen LogP contribution in [0.5, 0.6) is 0 Å². The standard InChI is InChI=1S/C10H9F3N4O2S/c11-10(12,13)6-4-16-17(5-6)8-2-1-7(14)3-9(8)20(15,18)19/h1-5H,14H2,(H2,15,18,19). The molecule has 0 saturated heterocycles. The number of hydrogen-bond donors (Lipinski definition) is 2. The van der Waals surface area contributed by atoms with E-state index in [1.807, 2.05) is 0 Å². The summed E-state index contributed by atoms with van der Waals surface area (Å²) in [5.74, 6) is 0. The molecule has 6 nitrogen and oxygen atoms in total. The van der Waals surface area contributed by atoms with Crippen LogP contribution in [0.3, 0.4) is 0 Å². The first kappa shape index (κ1) is 14.3. The van der Waals surface area contributed by atoms with Gasteiger partial charge in [0.15, 0.2) is 0 Å². The summed E-state index contributed by atoms with van der Waals surface area (Å²) in [7, 11) is -4.15. The summed E-state index contributed by atoms with van der Waals surface area (Å²) in [6.07, 6.45) is -3.32. The molecule has 2 rings (SSSR count).